The van der Waals surface area contributed by atoms with Crippen molar-refractivity contribution in [2.45, 2.75) is 26.7 Å². The molecule has 3 rings (SSSR count). The molecule has 1 amide bonds. The molecular formula is C22H22ClN3O3. The largest absolute Gasteiger partial charge is 0.497 e. The minimum Gasteiger partial charge on any atom is -0.497 e. The van der Waals surface area contributed by atoms with Crippen molar-refractivity contribution < 1.29 is 9.53 Å². The van der Waals surface area contributed by atoms with E-state index in [2.05, 4.69) is 10.4 Å². The van der Waals surface area contributed by atoms with Gasteiger partial charge >= 0.3 is 0 Å². The van der Waals surface area contributed by atoms with E-state index < -0.39 is 0 Å². The van der Waals surface area contributed by atoms with E-state index in [9.17, 15) is 9.59 Å². The predicted octanol–water partition coefficient (Wildman–Crippen LogP) is 4.61. The zero-order valence-corrected chi connectivity index (χ0v) is 17.3. The fourth-order valence-corrected chi connectivity index (χ4v) is 3.18. The average Bonchev–Trinajstić information content (AvgIpc) is 2.71. The summed E-state index contributed by atoms with van der Waals surface area (Å²) in [4.78, 5) is 25.5. The molecule has 0 bridgehead atoms. The van der Waals surface area contributed by atoms with Gasteiger partial charge in [-0.15, -0.1) is 0 Å². The third kappa shape index (κ3) is 4.49. The molecule has 3 aromatic rings. The summed E-state index contributed by atoms with van der Waals surface area (Å²) >= 11 is 6.16. The lowest BCUT2D eigenvalue weighted by molar-refractivity contribution is -0.116. The van der Waals surface area contributed by atoms with Gasteiger partial charge in [0.15, 0.2) is 0 Å². The van der Waals surface area contributed by atoms with E-state index in [0.29, 0.717) is 51.9 Å². The highest BCUT2D eigenvalue weighted by Crippen LogP contribution is 2.29. The van der Waals surface area contributed by atoms with Crippen LogP contribution in [-0.4, -0.2) is 22.8 Å². The molecule has 0 spiro atoms. The summed E-state index contributed by atoms with van der Waals surface area (Å²) in [6, 6.07) is 14.2. The summed E-state index contributed by atoms with van der Waals surface area (Å²) in [5.41, 5.74) is 1.72. The van der Waals surface area contributed by atoms with Crippen LogP contribution < -0.4 is 15.5 Å². The Morgan fingerprint density at radius 2 is 1.93 bits per heavy atom. The van der Waals surface area contributed by atoms with Crippen molar-refractivity contribution >= 4 is 23.3 Å². The molecule has 150 valence electrons. The Morgan fingerprint density at radius 1 is 1.21 bits per heavy atom. The van der Waals surface area contributed by atoms with Gasteiger partial charge in [-0.2, -0.15) is 5.10 Å². The molecule has 0 aliphatic rings. The van der Waals surface area contributed by atoms with E-state index in [1.807, 2.05) is 13.0 Å². The number of rotatable bonds is 6. The lowest BCUT2D eigenvalue weighted by Crippen LogP contribution is -2.24. The Balaban J connectivity index is 2.29. The van der Waals surface area contributed by atoms with Gasteiger partial charge in [-0.25, -0.2) is 4.68 Å². The van der Waals surface area contributed by atoms with Gasteiger partial charge in [0, 0.05) is 11.4 Å². The number of hydrogen-bond donors (Lipinski definition) is 1. The fraction of sp³-hybridized carbons (Fsp3) is 0.227. The number of amides is 1. The molecule has 0 aliphatic carbocycles. The number of carbonyl (C=O) groups excluding carboxylic acids is 1. The van der Waals surface area contributed by atoms with Gasteiger partial charge in [0.25, 0.3) is 0 Å². The molecule has 29 heavy (non-hydrogen) atoms. The fourth-order valence-electron chi connectivity index (χ4n) is 3.00. The monoisotopic (exact) mass is 411 g/mol. The first-order chi connectivity index (χ1) is 13.9. The smallest absolute Gasteiger partial charge is 0.225 e. The lowest BCUT2D eigenvalue weighted by atomic mass is 10.0. The van der Waals surface area contributed by atoms with Crippen LogP contribution in [0.25, 0.3) is 16.8 Å². The maximum absolute atomic E-state index is 13.0. The highest BCUT2D eigenvalue weighted by atomic mass is 35.5. The first-order valence-electron chi connectivity index (χ1n) is 9.28. The Morgan fingerprint density at radius 3 is 2.55 bits per heavy atom. The third-order valence-corrected chi connectivity index (χ3v) is 4.66. The normalized spacial score (nSPS) is 10.6. The number of nitrogens with zero attached hydrogens (tertiary/aromatic N) is 2. The molecule has 0 fully saturated rings. The van der Waals surface area contributed by atoms with E-state index >= 15 is 0 Å². The second-order valence-electron chi connectivity index (χ2n) is 6.56. The van der Waals surface area contributed by atoms with Crippen molar-refractivity contribution in [3.05, 3.63) is 69.5 Å². The van der Waals surface area contributed by atoms with Crippen molar-refractivity contribution in [2.75, 3.05) is 12.4 Å². The first-order valence-corrected chi connectivity index (χ1v) is 9.66. The van der Waals surface area contributed by atoms with Crippen molar-refractivity contribution in [1.82, 2.24) is 9.78 Å². The molecule has 6 nitrogen and oxygen atoms in total. The maximum atomic E-state index is 13.0. The van der Waals surface area contributed by atoms with Gasteiger partial charge in [-0.05, 0) is 49.2 Å². The number of halogens is 1. The molecule has 7 heteroatoms. The van der Waals surface area contributed by atoms with Gasteiger partial charge in [0.05, 0.1) is 18.4 Å². The minimum absolute atomic E-state index is 0.192. The highest BCUT2D eigenvalue weighted by Gasteiger charge is 2.20. The summed E-state index contributed by atoms with van der Waals surface area (Å²) in [5.74, 6) is 0.792. The SMILES string of the molecule is CCCC(=O)Nc1c(-c2ccc(OC)cc2)c(=O)c(C)nn1-c1cccc(Cl)c1. The minimum atomic E-state index is -0.250. The molecule has 0 aliphatic heterocycles. The molecule has 1 N–H and O–H groups in total. The summed E-state index contributed by atoms with van der Waals surface area (Å²) < 4.78 is 6.76. The van der Waals surface area contributed by atoms with E-state index in [4.69, 9.17) is 16.3 Å². The van der Waals surface area contributed by atoms with Gasteiger partial charge in [-0.3, -0.25) is 9.59 Å². The van der Waals surface area contributed by atoms with Crippen molar-refractivity contribution in [2.24, 2.45) is 0 Å². The van der Waals surface area contributed by atoms with E-state index in [0.717, 1.165) is 0 Å². The number of benzene rings is 2. The van der Waals surface area contributed by atoms with Crippen LogP contribution in [-0.2, 0) is 4.79 Å². The van der Waals surface area contributed by atoms with Crippen molar-refractivity contribution in [3.63, 3.8) is 0 Å². The van der Waals surface area contributed by atoms with Crippen molar-refractivity contribution in [1.29, 1.82) is 0 Å². The molecule has 1 aromatic heterocycles. The van der Waals surface area contributed by atoms with Crippen LogP contribution in [0.4, 0.5) is 5.82 Å². The molecule has 2 aromatic carbocycles. The summed E-state index contributed by atoms with van der Waals surface area (Å²) in [7, 11) is 1.58. The van der Waals surface area contributed by atoms with Crippen LogP contribution in [0.15, 0.2) is 53.3 Å². The number of anilines is 1. The third-order valence-electron chi connectivity index (χ3n) is 4.42. The van der Waals surface area contributed by atoms with Gasteiger partial charge < -0.3 is 10.1 Å². The number of aromatic nitrogens is 2. The molecule has 0 radical (unpaired) electrons. The Bertz CT molecular complexity index is 1090. The van der Waals surface area contributed by atoms with Gasteiger partial charge in [-0.1, -0.05) is 36.7 Å². The quantitative estimate of drug-likeness (QED) is 0.642. The molecule has 0 atom stereocenters. The Kier molecular flexibility index (Phi) is 6.34. The van der Waals surface area contributed by atoms with Crippen LogP contribution in [0.2, 0.25) is 5.02 Å². The number of hydrogen-bond acceptors (Lipinski definition) is 4. The number of nitrogens with one attached hydrogen (secondary N) is 1. The first kappa shape index (κ1) is 20.6. The zero-order valence-electron chi connectivity index (χ0n) is 16.5. The van der Waals surface area contributed by atoms with Crippen molar-refractivity contribution in [3.8, 4) is 22.6 Å². The summed E-state index contributed by atoms with van der Waals surface area (Å²) in [6.45, 7) is 3.56. The lowest BCUT2D eigenvalue weighted by Gasteiger charge is -2.18. The van der Waals surface area contributed by atoms with Crippen LogP contribution in [0.5, 0.6) is 5.75 Å². The number of carbonyl (C=O) groups is 1. The Labute approximate surface area is 174 Å². The average molecular weight is 412 g/mol. The second-order valence-corrected chi connectivity index (χ2v) is 6.99. The number of ether oxygens (including phenoxy) is 1. The van der Waals surface area contributed by atoms with E-state index in [1.54, 1.807) is 61.2 Å². The van der Waals surface area contributed by atoms with Crippen LogP contribution in [0, 0.1) is 6.92 Å². The molecular weight excluding hydrogens is 390 g/mol. The number of methoxy groups -OCH3 is 1. The Hall–Kier alpha value is -3.12. The van der Waals surface area contributed by atoms with Gasteiger partial charge in [0.2, 0.25) is 11.3 Å². The van der Waals surface area contributed by atoms with Gasteiger partial charge in [0.1, 0.15) is 17.3 Å². The molecule has 0 unspecified atom stereocenters. The summed E-state index contributed by atoms with van der Waals surface area (Å²) in [5, 5.41) is 7.83. The van der Waals surface area contributed by atoms with Crippen LogP contribution >= 0.6 is 11.6 Å². The molecule has 0 saturated carbocycles. The maximum Gasteiger partial charge on any atom is 0.225 e. The second kappa shape index (κ2) is 8.92. The van der Waals surface area contributed by atoms with E-state index in [1.165, 1.54) is 0 Å². The molecule has 1 heterocycles. The predicted molar refractivity (Wildman–Crippen MR) is 115 cm³/mol. The highest BCUT2D eigenvalue weighted by molar-refractivity contribution is 6.30. The van der Waals surface area contributed by atoms with Crippen LogP contribution in [0.3, 0.4) is 0 Å². The topological polar surface area (TPSA) is 73.2 Å². The molecule has 0 saturated heterocycles. The summed E-state index contributed by atoms with van der Waals surface area (Å²) in [6.07, 6.45) is 1.02. The number of aryl methyl sites for hydroxylation is 1. The van der Waals surface area contributed by atoms with E-state index in [-0.39, 0.29) is 11.3 Å². The zero-order chi connectivity index (χ0) is 21.0. The standard InChI is InChI=1S/C22H22ClN3O3/c1-4-6-19(27)24-22-20(15-9-11-18(29-3)12-10-15)21(28)14(2)25-26(22)17-8-5-7-16(23)13-17/h5,7-13H,4,6H2,1-3H3,(H,24,27). The van der Waals surface area contributed by atoms with Crippen LogP contribution in [0.1, 0.15) is 25.5 Å².